The second-order valence-electron chi connectivity index (χ2n) is 6.18. The van der Waals surface area contributed by atoms with E-state index in [0.717, 1.165) is 27.7 Å². The van der Waals surface area contributed by atoms with E-state index in [0.29, 0.717) is 25.3 Å². The lowest BCUT2D eigenvalue weighted by molar-refractivity contribution is -0.895. The van der Waals surface area contributed by atoms with Gasteiger partial charge >= 0.3 is 0 Å². The van der Waals surface area contributed by atoms with Gasteiger partial charge in [0, 0.05) is 10.6 Å². The van der Waals surface area contributed by atoms with Gasteiger partial charge in [-0.1, -0.05) is 0 Å². The van der Waals surface area contributed by atoms with Crippen molar-refractivity contribution in [1.82, 2.24) is 4.90 Å². The van der Waals surface area contributed by atoms with Crippen molar-refractivity contribution >= 4 is 28.8 Å². The summed E-state index contributed by atoms with van der Waals surface area (Å²) in [4.78, 5) is 29.4. The van der Waals surface area contributed by atoms with Crippen LogP contribution in [-0.2, 0) is 4.79 Å². The zero-order valence-electron chi connectivity index (χ0n) is 14.0. The molecule has 132 valence electrons. The van der Waals surface area contributed by atoms with Crippen molar-refractivity contribution in [3.8, 4) is 0 Å². The molecule has 5 nitrogen and oxygen atoms in total. The summed E-state index contributed by atoms with van der Waals surface area (Å²) in [5.74, 6) is -0.353. The van der Waals surface area contributed by atoms with Crippen molar-refractivity contribution in [2.24, 2.45) is 0 Å². The van der Waals surface area contributed by atoms with Crippen LogP contribution in [0.15, 0.2) is 36.4 Å². The zero-order chi connectivity index (χ0) is 17.8. The Hall–Kier alpha value is -2.25. The monoisotopic (exact) mass is 362 g/mol. The van der Waals surface area contributed by atoms with Crippen molar-refractivity contribution in [3.63, 3.8) is 0 Å². The molecule has 2 heterocycles. The number of halogens is 1. The Balaban J connectivity index is 1.46. The molecular formula is C18H21FN3O2S+. The van der Waals surface area contributed by atoms with Crippen LogP contribution in [0.3, 0.4) is 0 Å². The molecule has 3 rings (SSSR count). The number of nitrogens with one attached hydrogen (secondary N) is 2. The molecule has 1 aliphatic rings. The Labute approximate surface area is 150 Å². The maximum atomic E-state index is 12.9. The van der Waals surface area contributed by atoms with Gasteiger partial charge in [0.05, 0.1) is 31.1 Å². The quantitative estimate of drug-likeness (QED) is 0.858. The highest BCUT2D eigenvalue weighted by Crippen LogP contribution is 2.17. The summed E-state index contributed by atoms with van der Waals surface area (Å²) in [5, 5.41) is 2.77. The van der Waals surface area contributed by atoms with Gasteiger partial charge in [-0.05, 0) is 43.3 Å². The number of carbonyl (C=O) groups is 2. The number of thiophene rings is 1. The van der Waals surface area contributed by atoms with E-state index in [4.69, 9.17) is 0 Å². The van der Waals surface area contributed by atoms with Gasteiger partial charge in [-0.25, -0.2) is 4.39 Å². The minimum atomic E-state index is -0.328. The van der Waals surface area contributed by atoms with Crippen molar-refractivity contribution in [1.29, 1.82) is 0 Å². The van der Waals surface area contributed by atoms with Crippen molar-refractivity contribution < 1.29 is 18.9 Å². The number of hydrogen-bond acceptors (Lipinski definition) is 3. The van der Waals surface area contributed by atoms with Gasteiger partial charge in [0.2, 0.25) is 0 Å². The number of hydrogen-bond donors (Lipinski definition) is 2. The van der Waals surface area contributed by atoms with Gasteiger partial charge in [-0.15, -0.1) is 11.3 Å². The Morgan fingerprint density at radius 3 is 2.44 bits per heavy atom. The van der Waals surface area contributed by atoms with Crippen LogP contribution in [0.2, 0.25) is 0 Å². The number of piperazine rings is 1. The summed E-state index contributed by atoms with van der Waals surface area (Å²) in [7, 11) is 0. The first-order valence-electron chi connectivity index (χ1n) is 8.26. The lowest BCUT2D eigenvalue weighted by Crippen LogP contribution is -3.15. The fourth-order valence-corrected chi connectivity index (χ4v) is 3.71. The van der Waals surface area contributed by atoms with Crippen molar-refractivity contribution in [3.05, 3.63) is 52.0 Å². The predicted octanol–water partition coefficient (Wildman–Crippen LogP) is 1.18. The summed E-state index contributed by atoms with van der Waals surface area (Å²) < 4.78 is 12.9. The van der Waals surface area contributed by atoms with E-state index < -0.39 is 0 Å². The first-order chi connectivity index (χ1) is 12.0. The smallest absolute Gasteiger partial charge is 0.279 e. The lowest BCUT2D eigenvalue weighted by Gasteiger charge is -2.31. The van der Waals surface area contributed by atoms with Gasteiger partial charge in [-0.2, -0.15) is 0 Å². The number of aryl methyl sites for hydroxylation is 1. The van der Waals surface area contributed by atoms with Crippen molar-refractivity contribution in [2.75, 3.05) is 38.0 Å². The second kappa shape index (κ2) is 7.76. The van der Waals surface area contributed by atoms with Crippen LogP contribution in [0.5, 0.6) is 0 Å². The number of nitrogens with zero attached hydrogens (tertiary/aromatic N) is 1. The molecule has 2 aromatic rings. The maximum Gasteiger partial charge on any atom is 0.279 e. The average Bonchev–Trinajstić information content (AvgIpc) is 3.03. The molecule has 7 heteroatoms. The van der Waals surface area contributed by atoms with E-state index in [9.17, 15) is 14.0 Å². The Kier molecular flexibility index (Phi) is 5.45. The molecule has 2 amide bonds. The normalized spacial score (nSPS) is 15.2. The van der Waals surface area contributed by atoms with Crippen LogP contribution < -0.4 is 10.2 Å². The lowest BCUT2D eigenvalue weighted by atomic mass is 10.2. The number of amides is 2. The van der Waals surface area contributed by atoms with Crippen LogP contribution >= 0.6 is 11.3 Å². The van der Waals surface area contributed by atoms with Gasteiger partial charge in [0.15, 0.2) is 6.54 Å². The molecule has 1 saturated heterocycles. The van der Waals surface area contributed by atoms with Gasteiger partial charge in [0.1, 0.15) is 5.82 Å². The fourth-order valence-electron chi connectivity index (χ4n) is 2.87. The average molecular weight is 362 g/mol. The molecule has 1 fully saturated rings. The number of anilines is 1. The molecule has 0 aliphatic carbocycles. The van der Waals surface area contributed by atoms with Gasteiger partial charge in [-0.3, -0.25) is 9.59 Å². The first kappa shape index (κ1) is 17.6. The third-order valence-corrected chi connectivity index (χ3v) is 5.24. The highest BCUT2D eigenvalue weighted by molar-refractivity contribution is 7.13. The third-order valence-electron chi connectivity index (χ3n) is 4.25. The number of quaternary nitrogens is 1. The molecule has 1 aliphatic heterocycles. The SMILES string of the molecule is Cc1ccc(C(=O)N2CC[NH+](CC(=O)Nc3ccc(F)cc3)CC2)s1. The van der Waals surface area contributed by atoms with Gasteiger partial charge in [0.25, 0.3) is 11.8 Å². The largest absolute Gasteiger partial charge is 0.327 e. The Morgan fingerprint density at radius 2 is 1.84 bits per heavy atom. The predicted molar refractivity (Wildman–Crippen MR) is 95.6 cm³/mol. The highest BCUT2D eigenvalue weighted by atomic mass is 32.1. The number of carbonyl (C=O) groups excluding carboxylic acids is 2. The van der Waals surface area contributed by atoms with E-state index in [1.807, 2.05) is 24.0 Å². The van der Waals surface area contributed by atoms with Crippen LogP contribution in [0.1, 0.15) is 14.5 Å². The molecule has 1 aromatic carbocycles. The molecule has 1 aromatic heterocycles. The van der Waals surface area contributed by atoms with Crippen LogP contribution in [0, 0.1) is 12.7 Å². The second-order valence-corrected chi connectivity index (χ2v) is 7.47. The highest BCUT2D eigenvalue weighted by Gasteiger charge is 2.26. The first-order valence-corrected chi connectivity index (χ1v) is 9.07. The van der Waals surface area contributed by atoms with E-state index in [1.54, 1.807) is 12.1 Å². The standard InChI is InChI=1S/C18H20FN3O2S/c1-13-2-7-16(25-13)18(24)22-10-8-21(9-11-22)12-17(23)20-15-5-3-14(19)4-6-15/h2-7H,8-12H2,1H3,(H,20,23)/p+1. The molecular weight excluding hydrogens is 341 g/mol. The molecule has 0 radical (unpaired) electrons. The summed E-state index contributed by atoms with van der Waals surface area (Å²) in [5.41, 5.74) is 0.590. The van der Waals surface area contributed by atoms with Gasteiger partial charge < -0.3 is 15.1 Å². The van der Waals surface area contributed by atoms with Crippen molar-refractivity contribution in [2.45, 2.75) is 6.92 Å². The molecule has 0 atom stereocenters. The minimum Gasteiger partial charge on any atom is -0.327 e. The fraction of sp³-hybridized carbons (Fsp3) is 0.333. The summed E-state index contributed by atoms with van der Waals surface area (Å²) >= 11 is 1.51. The summed E-state index contributed by atoms with van der Waals surface area (Å²) in [6, 6.07) is 9.56. The number of benzene rings is 1. The molecule has 0 spiro atoms. The topological polar surface area (TPSA) is 53.9 Å². The molecule has 2 N–H and O–H groups in total. The van der Waals surface area contributed by atoms with E-state index in [-0.39, 0.29) is 17.6 Å². The minimum absolute atomic E-state index is 0.0768. The summed E-state index contributed by atoms with van der Waals surface area (Å²) in [6.45, 7) is 5.12. The Morgan fingerprint density at radius 1 is 1.16 bits per heavy atom. The van der Waals surface area contributed by atoms with Crippen LogP contribution in [0.4, 0.5) is 10.1 Å². The van der Waals surface area contributed by atoms with E-state index in [1.165, 1.54) is 23.5 Å². The number of rotatable bonds is 4. The van der Waals surface area contributed by atoms with Crippen LogP contribution in [-0.4, -0.2) is 49.4 Å². The zero-order valence-corrected chi connectivity index (χ0v) is 14.9. The summed E-state index contributed by atoms with van der Waals surface area (Å²) in [6.07, 6.45) is 0. The van der Waals surface area contributed by atoms with Crippen LogP contribution in [0.25, 0.3) is 0 Å². The Bertz CT molecular complexity index is 752. The third kappa shape index (κ3) is 4.64. The molecule has 0 bridgehead atoms. The van der Waals surface area contributed by atoms with E-state index in [2.05, 4.69) is 5.32 Å². The maximum absolute atomic E-state index is 12.9. The molecule has 0 unspecified atom stereocenters. The molecule has 25 heavy (non-hydrogen) atoms. The molecule has 0 saturated carbocycles. The van der Waals surface area contributed by atoms with E-state index >= 15 is 0 Å².